The maximum absolute atomic E-state index is 6.89. The summed E-state index contributed by atoms with van der Waals surface area (Å²) < 4.78 is 0. The fourth-order valence-corrected chi connectivity index (χ4v) is 0.914. The zero-order valence-corrected chi connectivity index (χ0v) is 6.80. The summed E-state index contributed by atoms with van der Waals surface area (Å²) in [5, 5.41) is 9.62. The Morgan fingerprint density at radius 3 is 3.17 bits per heavy atom. The molecule has 0 unspecified atom stereocenters. The van der Waals surface area contributed by atoms with Gasteiger partial charge in [0.2, 0.25) is 0 Å². The molecule has 0 saturated carbocycles. The molecule has 12 heavy (non-hydrogen) atoms. The summed E-state index contributed by atoms with van der Waals surface area (Å²) in [6, 6.07) is 0. The molecule has 5 nitrogen and oxygen atoms in total. The van der Waals surface area contributed by atoms with Crippen LogP contribution in [0.2, 0.25) is 0 Å². The first kappa shape index (κ1) is 8.58. The van der Waals surface area contributed by atoms with Gasteiger partial charge in [-0.15, -0.1) is 0 Å². The van der Waals surface area contributed by atoms with E-state index in [1.165, 1.54) is 0 Å². The smallest absolute Gasteiger partial charge is 0.185 e. The molecule has 1 rings (SSSR count). The Morgan fingerprint density at radius 2 is 2.58 bits per heavy atom. The van der Waals surface area contributed by atoms with E-state index in [4.69, 9.17) is 11.1 Å². The van der Waals surface area contributed by atoms with Gasteiger partial charge in [-0.25, -0.2) is 4.98 Å². The summed E-state index contributed by atoms with van der Waals surface area (Å²) in [7, 11) is 0. The summed E-state index contributed by atoms with van der Waals surface area (Å²) in [6.45, 7) is 0.718. The number of rotatable bonds is 4. The maximum atomic E-state index is 6.89. The number of hydrogen-bond acceptors (Lipinski definition) is 2. The maximum Gasteiger partial charge on any atom is 0.185 e. The van der Waals surface area contributed by atoms with Crippen molar-refractivity contribution in [1.82, 2.24) is 15.3 Å². The minimum atomic E-state index is 0.0226. The fourth-order valence-electron chi connectivity index (χ4n) is 0.914. The highest BCUT2D eigenvalue weighted by atomic mass is 15.0. The number of nitrogens with one attached hydrogen (secondary N) is 3. The zero-order valence-electron chi connectivity index (χ0n) is 6.80. The van der Waals surface area contributed by atoms with Gasteiger partial charge in [0.25, 0.3) is 0 Å². The molecule has 0 saturated heterocycles. The van der Waals surface area contributed by atoms with Crippen LogP contribution in [0.5, 0.6) is 0 Å². The number of hydrogen-bond donors (Lipinski definition) is 4. The molecule has 66 valence electrons. The molecule has 0 fully saturated rings. The molecule has 0 spiro atoms. The number of imidazole rings is 1. The molecule has 0 aliphatic carbocycles. The van der Waals surface area contributed by atoms with Gasteiger partial charge in [0, 0.05) is 25.4 Å². The number of aryl methyl sites for hydroxylation is 1. The molecule has 1 heterocycles. The lowest BCUT2D eigenvalue weighted by Gasteiger charge is -2.01. The molecular weight excluding hydrogens is 154 g/mol. The lowest BCUT2D eigenvalue weighted by atomic mass is 10.3. The molecule has 1 aromatic heterocycles. The molecule has 0 aliphatic rings. The van der Waals surface area contributed by atoms with Crippen molar-refractivity contribution in [3.63, 3.8) is 0 Å². The van der Waals surface area contributed by atoms with E-state index in [0.29, 0.717) is 0 Å². The molecule has 0 aromatic carbocycles. The van der Waals surface area contributed by atoms with Gasteiger partial charge in [0.05, 0.1) is 0 Å². The van der Waals surface area contributed by atoms with Gasteiger partial charge in [-0.05, 0) is 6.42 Å². The van der Waals surface area contributed by atoms with Gasteiger partial charge in [-0.1, -0.05) is 0 Å². The number of aromatic nitrogens is 2. The lowest BCUT2D eigenvalue weighted by molar-refractivity contribution is 0.743. The molecule has 0 aliphatic heterocycles. The van der Waals surface area contributed by atoms with Gasteiger partial charge >= 0.3 is 0 Å². The summed E-state index contributed by atoms with van der Waals surface area (Å²) >= 11 is 0. The van der Waals surface area contributed by atoms with Crippen molar-refractivity contribution in [2.75, 3.05) is 6.54 Å². The molecular formula is C7H13N5. The van der Waals surface area contributed by atoms with Gasteiger partial charge in [-0.3, -0.25) is 5.41 Å². The van der Waals surface area contributed by atoms with Gasteiger partial charge in [0.15, 0.2) is 5.96 Å². The standard InChI is InChI=1S/C7H13N5/c8-7(9)12-3-1-2-6-10-4-5-11-6/h4-5H,1-3H2,(H,10,11)(H4,8,9,12). The summed E-state index contributed by atoms with van der Waals surface area (Å²) in [5.74, 6) is 0.995. The van der Waals surface area contributed by atoms with Gasteiger partial charge in [-0.2, -0.15) is 0 Å². The van der Waals surface area contributed by atoms with Crippen molar-refractivity contribution in [2.45, 2.75) is 12.8 Å². The minimum Gasteiger partial charge on any atom is -0.370 e. The number of guanidine groups is 1. The second kappa shape index (κ2) is 4.38. The molecule has 5 N–H and O–H groups in total. The number of nitrogens with zero attached hydrogens (tertiary/aromatic N) is 1. The van der Waals surface area contributed by atoms with Crippen LogP contribution < -0.4 is 11.1 Å². The van der Waals surface area contributed by atoms with E-state index in [2.05, 4.69) is 15.3 Å². The highest BCUT2D eigenvalue weighted by Crippen LogP contribution is 1.92. The van der Waals surface area contributed by atoms with E-state index in [-0.39, 0.29) is 5.96 Å². The molecule has 5 heteroatoms. The lowest BCUT2D eigenvalue weighted by Crippen LogP contribution is -2.31. The van der Waals surface area contributed by atoms with E-state index in [9.17, 15) is 0 Å². The first-order valence-corrected chi connectivity index (χ1v) is 3.85. The van der Waals surface area contributed by atoms with E-state index in [1.807, 2.05) is 0 Å². The van der Waals surface area contributed by atoms with Crippen molar-refractivity contribution in [3.8, 4) is 0 Å². The molecule has 0 bridgehead atoms. The molecule has 0 atom stereocenters. The summed E-state index contributed by atoms with van der Waals surface area (Å²) in [5.41, 5.74) is 5.10. The second-order valence-electron chi connectivity index (χ2n) is 2.48. The van der Waals surface area contributed by atoms with Crippen LogP contribution in [0.4, 0.5) is 0 Å². The Kier molecular flexibility index (Phi) is 3.13. The van der Waals surface area contributed by atoms with Crippen LogP contribution in [-0.4, -0.2) is 22.5 Å². The monoisotopic (exact) mass is 167 g/mol. The van der Waals surface area contributed by atoms with Crippen molar-refractivity contribution in [1.29, 1.82) is 5.41 Å². The Labute approximate surface area is 70.9 Å². The predicted octanol–water partition coefficient (Wildman–Crippen LogP) is -0.175. The van der Waals surface area contributed by atoms with Gasteiger partial charge < -0.3 is 16.0 Å². The normalized spacial score (nSPS) is 9.67. The summed E-state index contributed by atoms with van der Waals surface area (Å²) in [6.07, 6.45) is 5.34. The molecule has 0 amide bonds. The van der Waals surface area contributed by atoms with Crippen LogP contribution in [-0.2, 0) is 6.42 Å². The Balaban J connectivity index is 2.07. The SMILES string of the molecule is N=C(N)NCCCc1ncc[nH]1. The first-order chi connectivity index (χ1) is 5.79. The summed E-state index contributed by atoms with van der Waals surface area (Å²) in [4.78, 5) is 7.07. The number of aromatic amines is 1. The topological polar surface area (TPSA) is 90.6 Å². The second-order valence-corrected chi connectivity index (χ2v) is 2.48. The average molecular weight is 167 g/mol. The Bertz CT molecular complexity index is 228. The van der Waals surface area contributed by atoms with E-state index in [0.717, 1.165) is 25.2 Å². The first-order valence-electron chi connectivity index (χ1n) is 3.85. The third kappa shape index (κ3) is 3.05. The van der Waals surface area contributed by atoms with Crippen LogP contribution in [0.15, 0.2) is 12.4 Å². The largest absolute Gasteiger partial charge is 0.370 e. The third-order valence-electron chi connectivity index (χ3n) is 1.46. The molecule has 1 aromatic rings. The number of H-pyrrole nitrogens is 1. The number of nitrogens with two attached hydrogens (primary N) is 1. The van der Waals surface area contributed by atoms with Crippen molar-refractivity contribution in [3.05, 3.63) is 18.2 Å². The van der Waals surface area contributed by atoms with Crippen LogP contribution in [0.3, 0.4) is 0 Å². The van der Waals surface area contributed by atoms with E-state index < -0.39 is 0 Å². The van der Waals surface area contributed by atoms with Crippen molar-refractivity contribution in [2.24, 2.45) is 5.73 Å². The Morgan fingerprint density at radius 1 is 1.75 bits per heavy atom. The Hall–Kier alpha value is -1.52. The van der Waals surface area contributed by atoms with Gasteiger partial charge in [0.1, 0.15) is 5.82 Å². The third-order valence-corrected chi connectivity index (χ3v) is 1.46. The highest BCUT2D eigenvalue weighted by Gasteiger charge is 1.93. The fraction of sp³-hybridized carbons (Fsp3) is 0.429. The average Bonchev–Trinajstić information content (AvgIpc) is 2.49. The van der Waals surface area contributed by atoms with Crippen molar-refractivity contribution >= 4 is 5.96 Å². The quantitative estimate of drug-likeness (QED) is 0.285. The predicted molar refractivity (Wildman–Crippen MR) is 46.8 cm³/mol. The molecule has 0 radical (unpaired) electrons. The van der Waals surface area contributed by atoms with E-state index in [1.54, 1.807) is 12.4 Å². The van der Waals surface area contributed by atoms with Crippen LogP contribution >= 0.6 is 0 Å². The van der Waals surface area contributed by atoms with Crippen LogP contribution in [0.1, 0.15) is 12.2 Å². The minimum absolute atomic E-state index is 0.0226. The van der Waals surface area contributed by atoms with Crippen LogP contribution in [0, 0.1) is 5.41 Å². The highest BCUT2D eigenvalue weighted by molar-refractivity contribution is 5.74. The van der Waals surface area contributed by atoms with E-state index >= 15 is 0 Å². The van der Waals surface area contributed by atoms with Crippen LogP contribution in [0.25, 0.3) is 0 Å². The zero-order chi connectivity index (χ0) is 8.81. The van der Waals surface area contributed by atoms with Crippen molar-refractivity contribution < 1.29 is 0 Å².